The van der Waals surface area contributed by atoms with Gasteiger partial charge in [0.2, 0.25) is 11.8 Å². The zero-order chi connectivity index (χ0) is 23.7. The Labute approximate surface area is 204 Å². The van der Waals surface area contributed by atoms with Crippen LogP contribution in [0.1, 0.15) is 27.6 Å². The molecule has 2 aromatic carbocycles. The molecular weight excluding hydrogens is 468 g/mol. The van der Waals surface area contributed by atoms with Crippen molar-refractivity contribution >= 4 is 23.1 Å². The van der Waals surface area contributed by atoms with E-state index in [1.54, 1.807) is 30.2 Å². The van der Waals surface area contributed by atoms with Gasteiger partial charge in [-0.3, -0.25) is 5.10 Å². The lowest BCUT2D eigenvalue weighted by atomic mass is 9.82. The summed E-state index contributed by atoms with van der Waals surface area (Å²) < 4.78 is 12.2. The summed E-state index contributed by atoms with van der Waals surface area (Å²) in [6.45, 7) is 1.93. The van der Waals surface area contributed by atoms with Crippen LogP contribution >= 0.6 is 23.1 Å². The van der Waals surface area contributed by atoms with Gasteiger partial charge in [0.25, 0.3) is 0 Å². The van der Waals surface area contributed by atoms with Crippen molar-refractivity contribution in [2.24, 2.45) is 5.73 Å². The molecule has 1 unspecified atom stereocenters. The second-order valence-corrected chi connectivity index (χ2v) is 9.96. The van der Waals surface area contributed by atoms with E-state index in [1.807, 2.05) is 55.5 Å². The van der Waals surface area contributed by atoms with Crippen molar-refractivity contribution in [3.63, 3.8) is 0 Å². The molecule has 4 aromatic rings. The Bertz CT molecular complexity index is 1420. The summed E-state index contributed by atoms with van der Waals surface area (Å²) in [5.41, 5.74) is 10.9. The average molecular weight is 489 g/mol. The average Bonchev–Trinajstić information content (AvgIpc) is 3.48. The van der Waals surface area contributed by atoms with Gasteiger partial charge in [0.15, 0.2) is 4.34 Å². The summed E-state index contributed by atoms with van der Waals surface area (Å²) in [5.74, 6) is 1.38. The van der Waals surface area contributed by atoms with Crippen molar-refractivity contribution in [1.82, 2.24) is 20.4 Å². The van der Waals surface area contributed by atoms with Gasteiger partial charge in [-0.25, -0.2) is 0 Å². The Balaban J connectivity index is 1.60. The van der Waals surface area contributed by atoms with Crippen LogP contribution in [-0.2, 0) is 5.75 Å². The van der Waals surface area contributed by atoms with Gasteiger partial charge in [-0.15, -0.1) is 15.3 Å². The highest BCUT2D eigenvalue weighted by atomic mass is 32.2. The fourth-order valence-corrected chi connectivity index (χ4v) is 5.76. The topological polar surface area (TPSA) is 123 Å². The number of rotatable bonds is 6. The molecule has 0 saturated carbocycles. The maximum absolute atomic E-state index is 10.0. The lowest BCUT2D eigenvalue weighted by Gasteiger charge is -2.25. The number of hydrogen-bond acceptors (Lipinski definition) is 9. The van der Waals surface area contributed by atoms with Crippen molar-refractivity contribution in [3.05, 3.63) is 81.7 Å². The van der Waals surface area contributed by atoms with Crippen molar-refractivity contribution in [2.45, 2.75) is 22.9 Å². The van der Waals surface area contributed by atoms with E-state index in [4.69, 9.17) is 15.2 Å². The van der Waals surface area contributed by atoms with Crippen LogP contribution in [-0.4, -0.2) is 27.5 Å². The van der Waals surface area contributed by atoms with Crippen LogP contribution in [0.25, 0.3) is 11.3 Å². The molecule has 3 heterocycles. The van der Waals surface area contributed by atoms with E-state index in [2.05, 4.69) is 26.5 Å². The number of fused-ring (bicyclic) bond motifs is 1. The largest absolute Gasteiger partial charge is 0.496 e. The number of nitriles is 1. The molecule has 1 aliphatic heterocycles. The van der Waals surface area contributed by atoms with Gasteiger partial charge in [-0.1, -0.05) is 65.6 Å². The van der Waals surface area contributed by atoms with E-state index in [-0.39, 0.29) is 5.88 Å². The number of allylic oxidation sites excluding steroid dienone is 1. The monoisotopic (exact) mass is 488 g/mol. The van der Waals surface area contributed by atoms with E-state index in [0.29, 0.717) is 17.2 Å². The summed E-state index contributed by atoms with van der Waals surface area (Å²) in [6, 6.07) is 18.0. The third-order valence-corrected chi connectivity index (χ3v) is 7.52. The molecule has 0 fully saturated rings. The molecule has 10 heteroatoms. The second-order valence-electron chi connectivity index (χ2n) is 7.56. The van der Waals surface area contributed by atoms with Gasteiger partial charge in [-0.05, 0) is 24.1 Å². The molecule has 0 amide bonds. The molecule has 0 bridgehead atoms. The van der Waals surface area contributed by atoms with Gasteiger partial charge >= 0.3 is 0 Å². The summed E-state index contributed by atoms with van der Waals surface area (Å²) in [6.07, 6.45) is 0. The maximum atomic E-state index is 10.0. The number of aryl methyl sites for hydroxylation is 1. The van der Waals surface area contributed by atoms with Crippen LogP contribution in [0.2, 0.25) is 0 Å². The molecule has 170 valence electrons. The molecule has 3 N–H and O–H groups in total. The fourth-order valence-electron chi connectivity index (χ4n) is 3.97. The number of methoxy groups -OCH3 is 1. The third-order valence-electron chi connectivity index (χ3n) is 5.50. The van der Waals surface area contributed by atoms with Gasteiger partial charge < -0.3 is 15.2 Å². The number of nitrogens with two attached hydrogens (primary N) is 1. The summed E-state index contributed by atoms with van der Waals surface area (Å²) in [4.78, 5) is 0. The van der Waals surface area contributed by atoms with Crippen molar-refractivity contribution in [3.8, 4) is 29.0 Å². The predicted molar refractivity (Wildman–Crippen MR) is 131 cm³/mol. The first-order chi connectivity index (χ1) is 16.6. The smallest absolute Gasteiger partial charge is 0.244 e. The summed E-state index contributed by atoms with van der Waals surface area (Å²) in [5, 5.41) is 26.6. The van der Waals surface area contributed by atoms with Crippen LogP contribution in [0, 0.1) is 18.3 Å². The third kappa shape index (κ3) is 4.00. The zero-order valence-corrected chi connectivity index (χ0v) is 20.0. The summed E-state index contributed by atoms with van der Waals surface area (Å²) >= 11 is 3.15. The van der Waals surface area contributed by atoms with Crippen LogP contribution in [0.5, 0.6) is 11.6 Å². The number of ether oxygens (including phenoxy) is 2. The Morgan fingerprint density at radius 2 is 2.06 bits per heavy atom. The molecule has 2 aromatic heterocycles. The summed E-state index contributed by atoms with van der Waals surface area (Å²) in [7, 11) is 1.65. The predicted octanol–water partition coefficient (Wildman–Crippen LogP) is 4.76. The van der Waals surface area contributed by atoms with Crippen LogP contribution in [0.3, 0.4) is 0 Å². The maximum Gasteiger partial charge on any atom is 0.244 e. The lowest BCUT2D eigenvalue weighted by Crippen LogP contribution is -2.21. The van der Waals surface area contributed by atoms with Crippen LogP contribution < -0.4 is 15.2 Å². The number of aromatic nitrogens is 4. The molecule has 1 atom stereocenters. The minimum Gasteiger partial charge on any atom is -0.496 e. The number of aromatic amines is 1. The van der Waals surface area contributed by atoms with E-state index in [0.717, 1.165) is 43.0 Å². The van der Waals surface area contributed by atoms with E-state index >= 15 is 0 Å². The number of nitrogens with zero attached hydrogens (tertiary/aromatic N) is 4. The minimum atomic E-state index is -0.443. The molecule has 0 radical (unpaired) electrons. The fraction of sp³-hybridized carbons (Fsp3) is 0.167. The van der Waals surface area contributed by atoms with Gasteiger partial charge in [0, 0.05) is 11.3 Å². The van der Waals surface area contributed by atoms with E-state index in [1.165, 1.54) is 0 Å². The first kappa shape index (κ1) is 22.0. The number of benzene rings is 2. The highest BCUT2D eigenvalue weighted by Gasteiger charge is 2.35. The van der Waals surface area contributed by atoms with Crippen LogP contribution in [0.4, 0.5) is 0 Å². The Morgan fingerprint density at radius 1 is 1.24 bits per heavy atom. The molecule has 0 saturated heterocycles. The first-order valence-corrected chi connectivity index (χ1v) is 12.2. The number of H-pyrrole nitrogens is 1. The highest BCUT2D eigenvalue weighted by molar-refractivity contribution is 8.00. The molecule has 5 rings (SSSR count). The number of hydrogen-bond donors (Lipinski definition) is 2. The Kier molecular flexibility index (Phi) is 5.96. The van der Waals surface area contributed by atoms with Crippen molar-refractivity contribution in [2.75, 3.05) is 7.11 Å². The molecule has 0 spiro atoms. The van der Waals surface area contributed by atoms with E-state index < -0.39 is 5.92 Å². The number of nitrogens with one attached hydrogen (secondary N) is 1. The second kappa shape index (κ2) is 9.21. The highest BCUT2D eigenvalue weighted by Crippen LogP contribution is 2.46. The van der Waals surface area contributed by atoms with Gasteiger partial charge in [0.1, 0.15) is 22.4 Å². The van der Waals surface area contributed by atoms with Crippen molar-refractivity contribution < 1.29 is 9.47 Å². The molecule has 34 heavy (non-hydrogen) atoms. The van der Waals surface area contributed by atoms with Crippen molar-refractivity contribution in [1.29, 1.82) is 5.26 Å². The van der Waals surface area contributed by atoms with Gasteiger partial charge in [-0.2, -0.15) is 5.26 Å². The Morgan fingerprint density at radius 3 is 2.76 bits per heavy atom. The molecule has 1 aliphatic rings. The molecule has 0 aliphatic carbocycles. The minimum absolute atomic E-state index is 0.0576. The number of thioether (sulfide) groups is 1. The standard InChI is InChI=1S/C24H20N6O2S2/c1-13-27-30-24(34-13)33-12-16-10-15(8-9-18(16)31-2)19-17(11-25)22(26)32-23-20(19)21(28-29-23)14-6-4-3-5-7-14/h3-10,19H,12,26H2,1-2H3,(H,28,29). The quantitative estimate of drug-likeness (QED) is 0.373. The Hall–Kier alpha value is -3.81. The van der Waals surface area contributed by atoms with E-state index in [9.17, 15) is 5.26 Å². The SMILES string of the molecule is COc1ccc(C2C(C#N)=C(N)Oc3n[nH]c(-c4ccccc4)c32)cc1CSc1nnc(C)s1. The first-order valence-electron chi connectivity index (χ1n) is 10.4. The lowest BCUT2D eigenvalue weighted by molar-refractivity contribution is 0.379. The normalized spacial score (nSPS) is 14.9. The van der Waals surface area contributed by atoms with Gasteiger partial charge in [0.05, 0.1) is 24.3 Å². The van der Waals surface area contributed by atoms with Crippen LogP contribution in [0.15, 0.2) is 64.3 Å². The zero-order valence-electron chi connectivity index (χ0n) is 18.4. The molecule has 8 nitrogen and oxygen atoms in total. The molecular formula is C24H20N6O2S2.